The highest BCUT2D eigenvalue weighted by molar-refractivity contribution is 7.80. The molecule has 0 aromatic heterocycles. The zero-order valence-corrected chi connectivity index (χ0v) is 13.3. The van der Waals surface area contributed by atoms with E-state index in [0.717, 1.165) is 25.3 Å². The molecule has 0 spiro atoms. The van der Waals surface area contributed by atoms with E-state index in [4.69, 9.17) is 12.2 Å². The molecule has 0 aliphatic carbocycles. The van der Waals surface area contributed by atoms with Gasteiger partial charge in [0.2, 0.25) is 0 Å². The summed E-state index contributed by atoms with van der Waals surface area (Å²) in [5.74, 6) is 0.129. The number of ether oxygens (including phenoxy) is 1. The van der Waals surface area contributed by atoms with Gasteiger partial charge in [-0.25, -0.2) is 0 Å². The molecule has 1 fully saturated rings. The predicted molar refractivity (Wildman–Crippen MR) is 87.6 cm³/mol. The fourth-order valence-corrected chi connectivity index (χ4v) is 2.85. The molecule has 0 unspecified atom stereocenters. The molecule has 4 nitrogen and oxygen atoms in total. The zero-order chi connectivity index (χ0) is 15.9. The van der Waals surface area contributed by atoms with Crippen LogP contribution in [0.2, 0.25) is 0 Å². The van der Waals surface area contributed by atoms with Gasteiger partial charge in [0, 0.05) is 18.3 Å². The van der Waals surface area contributed by atoms with Crippen LogP contribution < -0.4 is 15.4 Å². The van der Waals surface area contributed by atoms with Crippen molar-refractivity contribution in [3.63, 3.8) is 0 Å². The lowest BCUT2D eigenvalue weighted by molar-refractivity contribution is -0.0498. The molecule has 2 N–H and O–H groups in total. The predicted octanol–water partition coefficient (Wildman–Crippen LogP) is 3.06. The Kier molecular flexibility index (Phi) is 6.33. The number of hydrogen-bond donors (Lipinski definition) is 2. The molecule has 7 heteroatoms. The number of likely N-dealkylation sites (N-methyl/N-ethyl adjacent to an activating group) is 1. The average Bonchev–Trinajstić information content (AvgIpc) is 2.94. The summed E-state index contributed by atoms with van der Waals surface area (Å²) in [4.78, 5) is 2.44. The Bertz CT molecular complexity index is 484. The number of thiocarbonyl (C=S) groups is 1. The first kappa shape index (κ1) is 16.9. The molecule has 0 saturated carbocycles. The van der Waals surface area contributed by atoms with E-state index in [9.17, 15) is 8.78 Å². The summed E-state index contributed by atoms with van der Waals surface area (Å²) in [6.45, 7) is 2.37. The largest absolute Gasteiger partial charge is 0.435 e. The van der Waals surface area contributed by atoms with Crippen LogP contribution in [0.4, 0.5) is 14.5 Å². The first-order chi connectivity index (χ1) is 10.6. The maximum absolute atomic E-state index is 12.1. The average molecular weight is 329 g/mol. The molecule has 0 bridgehead atoms. The van der Waals surface area contributed by atoms with Crippen LogP contribution >= 0.6 is 12.2 Å². The molecule has 122 valence electrons. The Morgan fingerprint density at radius 2 is 2.14 bits per heavy atom. The molecule has 0 amide bonds. The highest BCUT2D eigenvalue weighted by atomic mass is 32.1. The van der Waals surface area contributed by atoms with Gasteiger partial charge in [-0.2, -0.15) is 8.78 Å². The standard InChI is InChI=1S/C15H21F2N3OS/c1-2-20-9-3-4-12(20)10-18-15(22)19-11-5-7-13(8-6-11)21-14(16)17/h5-8,12,14H,2-4,9-10H2,1H3,(H2,18,19,22)/t12-/m0/s1. The highest BCUT2D eigenvalue weighted by Gasteiger charge is 2.22. The summed E-state index contributed by atoms with van der Waals surface area (Å²) >= 11 is 5.26. The summed E-state index contributed by atoms with van der Waals surface area (Å²) in [7, 11) is 0. The molecule has 1 aromatic carbocycles. The maximum atomic E-state index is 12.1. The van der Waals surface area contributed by atoms with Gasteiger partial charge in [0.15, 0.2) is 5.11 Å². The molecule has 1 saturated heterocycles. The van der Waals surface area contributed by atoms with Crippen molar-refractivity contribution in [2.24, 2.45) is 0 Å². The van der Waals surface area contributed by atoms with Crippen molar-refractivity contribution in [2.45, 2.75) is 32.4 Å². The van der Waals surface area contributed by atoms with Crippen molar-refractivity contribution in [3.8, 4) is 5.75 Å². The van der Waals surface area contributed by atoms with Crippen molar-refractivity contribution < 1.29 is 13.5 Å². The number of nitrogens with zero attached hydrogens (tertiary/aromatic N) is 1. The molecule has 1 heterocycles. The summed E-state index contributed by atoms with van der Waals surface area (Å²) in [5.41, 5.74) is 0.734. The van der Waals surface area contributed by atoms with Gasteiger partial charge in [-0.3, -0.25) is 4.90 Å². The number of halogens is 2. The Hall–Kier alpha value is -1.47. The minimum absolute atomic E-state index is 0.129. The molecule has 1 aromatic rings. The molecule has 1 aliphatic heterocycles. The second-order valence-corrected chi connectivity index (χ2v) is 5.57. The van der Waals surface area contributed by atoms with Crippen molar-refractivity contribution in [3.05, 3.63) is 24.3 Å². The normalized spacial score (nSPS) is 18.5. The summed E-state index contributed by atoms with van der Waals surface area (Å²) in [6, 6.07) is 6.78. The van der Waals surface area contributed by atoms with Crippen molar-refractivity contribution in [1.29, 1.82) is 0 Å². The minimum atomic E-state index is -2.81. The Balaban J connectivity index is 1.77. The van der Waals surface area contributed by atoms with E-state index in [2.05, 4.69) is 27.2 Å². The van der Waals surface area contributed by atoms with E-state index in [1.54, 1.807) is 12.1 Å². The summed E-state index contributed by atoms with van der Waals surface area (Å²) in [6.07, 6.45) is 2.41. The third-order valence-corrected chi connectivity index (χ3v) is 3.99. The molecule has 2 rings (SSSR count). The second-order valence-electron chi connectivity index (χ2n) is 5.16. The lowest BCUT2D eigenvalue weighted by Gasteiger charge is -2.23. The quantitative estimate of drug-likeness (QED) is 0.785. The lowest BCUT2D eigenvalue weighted by atomic mass is 10.2. The molecule has 22 heavy (non-hydrogen) atoms. The maximum Gasteiger partial charge on any atom is 0.387 e. The smallest absolute Gasteiger partial charge is 0.387 e. The van der Waals surface area contributed by atoms with Crippen molar-refractivity contribution in [2.75, 3.05) is 25.0 Å². The van der Waals surface area contributed by atoms with Crippen LogP contribution in [0.3, 0.4) is 0 Å². The first-order valence-corrected chi connectivity index (χ1v) is 7.83. The number of hydrogen-bond acceptors (Lipinski definition) is 3. The number of nitrogens with one attached hydrogen (secondary N) is 2. The fourth-order valence-electron chi connectivity index (χ4n) is 2.65. The highest BCUT2D eigenvalue weighted by Crippen LogP contribution is 2.18. The summed E-state index contributed by atoms with van der Waals surface area (Å²) < 4.78 is 28.4. The van der Waals surface area contributed by atoms with Gasteiger partial charge in [-0.05, 0) is 62.4 Å². The van der Waals surface area contributed by atoms with Crippen molar-refractivity contribution in [1.82, 2.24) is 10.2 Å². The van der Waals surface area contributed by atoms with E-state index in [0.29, 0.717) is 11.2 Å². The van der Waals surface area contributed by atoms with Crippen LogP contribution in [0.1, 0.15) is 19.8 Å². The third kappa shape index (κ3) is 5.06. The number of rotatable bonds is 6. The van der Waals surface area contributed by atoms with Gasteiger partial charge < -0.3 is 15.4 Å². The van der Waals surface area contributed by atoms with Crippen molar-refractivity contribution >= 4 is 23.0 Å². The van der Waals surface area contributed by atoms with Crippen LogP contribution in [-0.4, -0.2) is 42.3 Å². The van der Waals surface area contributed by atoms with E-state index < -0.39 is 6.61 Å². The SMILES string of the molecule is CCN1CCC[C@H]1CNC(=S)Nc1ccc(OC(F)F)cc1. The van der Waals surface area contributed by atoms with Crippen LogP contribution in [-0.2, 0) is 0 Å². The lowest BCUT2D eigenvalue weighted by Crippen LogP contribution is -2.41. The van der Waals surface area contributed by atoms with E-state index in [-0.39, 0.29) is 5.75 Å². The fraction of sp³-hybridized carbons (Fsp3) is 0.533. The Morgan fingerprint density at radius 3 is 2.77 bits per heavy atom. The molecule has 1 aliphatic rings. The summed E-state index contributed by atoms with van der Waals surface area (Å²) in [5, 5.41) is 6.78. The molecular weight excluding hydrogens is 308 g/mol. The van der Waals surface area contributed by atoms with E-state index >= 15 is 0 Å². The Labute approximate surface area is 134 Å². The number of benzene rings is 1. The van der Waals surface area contributed by atoms with E-state index in [1.807, 2.05) is 0 Å². The van der Waals surface area contributed by atoms with Gasteiger partial charge in [0.1, 0.15) is 5.75 Å². The first-order valence-electron chi connectivity index (χ1n) is 7.42. The van der Waals surface area contributed by atoms with Gasteiger partial charge in [0.25, 0.3) is 0 Å². The Morgan fingerprint density at radius 1 is 1.41 bits per heavy atom. The van der Waals surface area contributed by atoms with E-state index in [1.165, 1.54) is 25.0 Å². The number of alkyl halides is 2. The monoisotopic (exact) mass is 329 g/mol. The minimum Gasteiger partial charge on any atom is -0.435 e. The number of anilines is 1. The number of likely N-dealkylation sites (tertiary alicyclic amines) is 1. The van der Waals surface area contributed by atoms with Gasteiger partial charge in [0.05, 0.1) is 0 Å². The van der Waals surface area contributed by atoms with Crippen LogP contribution in [0, 0.1) is 0 Å². The zero-order valence-electron chi connectivity index (χ0n) is 12.5. The third-order valence-electron chi connectivity index (χ3n) is 3.74. The van der Waals surface area contributed by atoms with Gasteiger partial charge in [-0.1, -0.05) is 6.92 Å². The molecule has 0 radical (unpaired) electrons. The van der Waals surface area contributed by atoms with Crippen LogP contribution in [0.15, 0.2) is 24.3 Å². The molecular formula is C15H21F2N3OS. The van der Waals surface area contributed by atoms with Crippen LogP contribution in [0.5, 0.6) is 5.75 Å². The topological polar surface area (TPSA) is 36.5 Å². The van der Waals surface area contributed by atoms with Gasteiger partial charge >= 0.3 is 6.61 Å². The molecule has 1 atom stereocenters. The van der Waals surface area contributed by atoms with Crippen LogP contribution in [0.25, 0.3) is 0 Å². The second kappa shape index (κ2) is 8.24. The van der Waals surface area contributed by atoms with Gasteiger partial charge in [-0.15, -0.1) is 0 Å².